The van der Waals surface area contributed by atoms with Crippen LogP contribution in [-0.4, -0.2) is 32.6 Å². The molecule has 0 amide bonds. The summed E-state index contributed by atoms with van der Waals surface area (Å²) in [6, 6.07) is 0. The summed E-state index contributed by atoms with van der Waals surface area (Å²) in [5, 5.41) is 8.27. The molecule has 0 saturated heterocycles. The number of hydrogen-bond acceptors (Lipinski definition) is 5. The van der Waals surface area contributed by atoms with E-state index in [1.54, 1.807) is 11.8 Å². The van der Waals surface area contributed by atoms with Gasteiger partial charge in [-0.25, -0.2) is 4.68 Å². The monoisotopic (exact) mass is 190 g/mol. The van der Waals surface area contributed by atoms with Crippen molar-refractivity contribution < 1.29 is 0 Å². The number of thioether (sulfide) groups is 2. The summed E-state index contributed by atoms with van der Waals surface area (Å²) in [6.45, 7) is 0. The molecule has 2 N–H and O–H groups in total. The highest BCUT2D eigenvalue weighted by Crippen LogP contribution is 2.13. The van der Waals surface area contributed by atoms with Gasteiger partial charge in [0.25, 0.3) is 0 Å². The third-order valence-corrected chi connectivity index (χ3v) is 2.89. The molecule has 1 rings (SSSR count). The molecule has 1 heterocycles. The number of nitrogen functional groups attached to an aromatic ring is 1. The molecule has 0 unspecified atom stereocenters. The zero-order chi connectivity index (χ0) is 8.10. The number of hydrogen-bond donors (Lipinski definition) is 1. The van der Waals surface area contributed by atoms with Crippen LogP contribution in [0.2, 0.25) is 0 Å². The van der Waals surface area contributed by atoms with Crippen LogP contribution in [0.5, 0.6) is 0 Å². The van der Waals surface area contributed by atoms with Gasteiger partial charge in [0.05, 0.1) is 0 Å². The van der Waals surface area contributed by atoms with Crippen molar-refractivity contribution in [2.45, 2.75) is 5.16 Å². The van der Waals surface area contributed by atoms with Crippen LogP contribution in [-0.2, 0) is 0 Å². The van der Waals surface area contributed by atoms with Crippen LogP contribution >= 0.6 is 23.5 Å². The Labute approximate surface area is 73.9 Å². The molecular formula is C5H10N4S2. The highest BCUT2D eigenvalue weighted by atomic mass is 32.2. The third-order valence-electron chi connectivity index (χ3n) is 1.06. The number of nitrogens with zero attached hydrogens (tertiary/aromatic N) is 3. The lowest BCUT2D eigenvalue weighted by molar-refractivity contribution is 0.847. The van der Waals surface area contributed by atoms with Crippen LogP contribution in [0.15, 0.2) is 11.5 Å². The van der Waals surface area contributed by atoms with Gasteiger partial charge in [0.15, 0.2) is 0 Å². The maximum Gasteiger partial charge on any atom is 0.209 e. The molecule has 0 atom stereocenters. The van der Waals surface area contributed by atoms with Crippen molar-refractivity contribution >= 4 is 23.5 Å². The lowest BCUT2D eigenvalue weighted by atomic mass is 11.0. The fourth-order valence-corrected chi connectivity index (χ4v) is 2.04. The smallest absolute Gasteiger partial charge is 0.209 e. The molecule has 0 radical (unpaired) electrons. The van der Waals surface area contributed by atoms with Crippen molar-refractivity contribution in [1.29, 1.82) is 0 Å². The molecule has 0 aliphatic rings. The molecule has 6 heteroatoms. The average Bonchev–Trinajstić information content (AvgIpc) is 2.37. The molecule has 0 fully saturated rings. The Kier molecular flexibility index (Phi) is 3.58. The minimum atomic E-state index is 0.777. The summed E-state index contributed by atoms with van der Waals surface area (Å²) >= 11 is 3.43. The van der Waals surface area contributed by atoms with Crippen molar-refractivity contribution in [3.8, 4) is 0 Å². The van der Waals surface area contributed by atoms with Crippen molar-refractivity contribution in [2.75, 3.05) is 23.6 Å². The molecule has 0 aliphatic carbocycles. The van der Waals surface area contributed by atoms with E-state index < -0.39 is 0 Å². The van der Waals surface area contributed by atoms with Crippen molar-refractivity contribution in [3.63, 3.8) is 0 Å². The summed E-state index contributed by atoms with van der Waals surface area (Å²) in [5.74, 6) is 7.62. The van der Waals surface area contributed by atoms with E-state index in [0.29, 0.717) is 0 Å². The quantitative estimate of drug-likeness (QED) is 0.424. The predicted octanol–water partition coefficient (Wildman–Crippen LogP) is 0.447. The highest BCUT2D eigenvalue weighted by Gasteiger charge is 1.99. The second-order valence-corrected chi connectivity index (χ2v) is 3.91. The van der Waals surface area contributed by atoms with Crippen molar-refractivity contribution in [2.24, 2.45) is 0 Å². The lowest BCUT2D eigenvalue weighted by Gasteiger charge is -1.97. The van der Waals surface area contributed by atoms with Gasteiger partial charge in [0.2, 0.25) is 5.16 Å². The molecule has 0 saturated carbocycles. The van der Waals surface area contributed by atoms with Gasteiger partial charge >= 0.3 is 0 Å². The Morgan fingerprint density at radius 1 is 1.64 bits per heavy atom. The first-order valence-corrected chi connectivity index (χ1v) is 5.49. The minimum absolute atomic E-state index is 0.777. The molecule has 0 spiro atoms. The zero-order valence-corrected chi connectivity index (χ0v) is 7.86. The van der Waals surface area contributed by atoms with Gasteiger partial charge in [-0.05, 0) is 6.26 Å². The summed E-state index contributed by atoms with van der Waals surface area (Å²) in [5.41, 5.74) is 0. The number of aromatic nitrogens is 3. The Hall–Kier alpha value is -0.360. The van der Waals surface area contributed by atoms with Crippen molar-refractivity contribution in [1.82, 2.24) is 14.9 Å². The Morgan fingerprint density at radius 2 is 2.45 bits per heavy atom. The first-order chi connectivity index (χ1) is 5.34. The predicted molar refractivity (Wildman–Crippen MR) is 49.3 cm³/mol. The third kappa shape index (κ3) is 2.63. The zero-order valence-electron chi connectivity index (χ0n) is 6.23. The molecule has 11 heavy (non-hydrogen) atoms. The second kappa shape index (κ2) is 4.50. The van der Waals surface area contributed by atoms with E-state index in [1.165, 1.54) is 11.0 Å². The van der Waals surface area contributed by atoms with E-state index in [1.807, 2.05) is 11.8 Å². The topological polar surface area (TPSA) is 56.7 Å². The van der Waals surface area contributed by atoms with E-state index in [0.717, 1.165) is 16.7 Å². The Balaban J connectivity index is 2.32. The molecule has 0 aromatic carbocycles. The summed E-state index contributed by atoms with van der Waals surface area (Å²) < 4.78 is 1.44. The average molecular weight is 190 g/mol. The molecule has 1 aromatic rings. The van der Waals surface area contributed by atoms with Gasteiger partial charge in [-0.15, -0.1) is 10.2 Å². The van der Waals surface area contributed by atoms with Gasteiger partial charge in [-0.2, -0.15) is 11.8 Å². The maximum absolute atomic E-state index is 5.49. The Bertz CT molecular complexity index is 212. The molecule has 0 bridgehead atoms. The summed E-state index contributed by atoms with van der Waals surface area (Å²) in [7, 11) is 0. The fourth-order valence-electron chi connectivity index (χ4n) is 0.552. The number of rotatable bonds is 4. The van der Waals surface area contributed by atoms with E-state index in [9.17, 15) is 0 Å². The Morgan fingerprint density at radius 3 is 3.00 bits per heavy atom. The standard InChI is InChI=1S/C5H10N4S2/c1-10-2-3-11-5-8-7-4-9(5)6/h4H,2-3,6H2,1H3. The summed E-state index contributed by atoms with van der Waals surface area (Å²) in [6.07, 6.45) is 3.58. The minimum Gasteiger partial charge on any atom is -0.336 e. The van der Waals surface area contributed by atoms with Crippen LogP contribution in [0.3, 0.4) is 0 Å². The van der Waals surface area contributed by atoms with Gasteiger partial charge in [0.1, 0.15) is 6.33 Å². The molecule has 62 valence electrons. The van der Waals surface area contributed by atoms with Crippen molar-refractivity contribution in [3.05, 3.63) is 6.33 Å². The molecule has 0 aliphatic heterocycles. The van der Waals surface area contributed by atoms with Crippen LogP contribution in [0, 0.1) is 0 Å². The second-order valence-electron chi connectivity index (χ2n) is 1.86. The SMILES string of the molecule is CSCCSc1nncn1N. The first-order valence-electron chi connectivity index (χ1n) is 3.11. The lowest BCUT2D eigenvalue weighted by Crippen LogP contribution is -2.07. The van der Waals surface area contributed by atoms with Gasteiger partial charge < -0.3 is 5.84 Å². The highest BCUT2D eigenvalue weighted by molar-refractivity contribution is 8.02. The van der Waals surface area contributed by atoms with E-state index >= 15 is 0 Å². The van der Waals surface area contributed by atoms with Crippen LogP contribution in [0.1, 0.15) is 0 Å². The molecular weight excluding hydrogens is 180 g/mol. The first kappa shape index (κ1) is 8.73. The van der Waals surface area contributed by atoms with E-state index in [-0.39, 0.29) is 0 Å². The number of nitrogens with two attached hydrogens (primary N) is 1. The normalized spacial score (nSPS) is 10.3. The van der Waals surface area contributed by atoms with E-state index in [2.05, 4.69) is 16.5 Å². The molecule has 4 nitrogen and oxygen atoms in total. The van der Waals surface area contributed by atoms with Gasteiger partial charge in [-0.3, -0.25) is 0 Å². The van der Waals surface area contributed by atoms with Crippen LogP contribution in [0.25, 0.3) is 0 Å². The summed E-state index contributed by atoms with van der Waals surface area (Å²) in [4.78, 5) is 0. The van der Waals surface area contributed by atoms with Crippen LogP contribution in [0.4, 0.5) is 0 Å². The molecule has 1 aromatic heterocycles. The van der Waals surface area contributed by atoms with E-state index in [4.69, 9.17) is 5.84 Å². The fraction of sp³-hybridized carbons (Fsp3) is 0.600. The largest absolute Gasteiger partial charge is 0.336 e. The van der Waals surface area contributed by atoms with Gasteiger partial charge in [-0.1, -0.05) is 11.8 Å². The van der Waals surface area contributed by atoms with Crippen LogP contribution < -0.4 is 5.84 Å². The maximum atomic E-state index is 5.49. The van der Waals surface area contributed by atoms with Gasteiger partial charge in [0, 0.05) is 11.5 Å².